The molecule has 15 heavy (non-hydrogen) atoms. The summed E-state index contributed by atoms with van der Waals surface area (Å²) in [6.45, 7) is 7.56. The van der Waals surface area contributed by atoms with Crippen molar-refractivity contribution in [1.82, 2.24) is 4.90 Å². The van der Waals surface area contributed by atoms with E-state index in [1.54, 1.807) is 11.0 Å². The third-order valence-electron chi connectivity index (χ3n) is 1.98. The number of amides is 1. The van der Waals surface area contributed by atoms with Gasteiger partial charge in [-0.25, -0.2) is 0 Å². The Labute approximate surface area is 91.6 Å². The van der Waals surface area contributed by atoms with Gasteiger partial charge in [0.15, 0.2) is 0 Å². The van der Waals surface area contributed by atoms with E-state index in [4.69, 9.17) is 11.5 Å². The van der Waals surface area contributed by atoms with Crippen LogP contribution in [0, 0.1) is 0 Å². The normalized spacial score (nSPS) is 11.3. The molecule has 0 aromatic rings. The van der Waals surface area contributed by atoms with E-state index in [-0.39, 0.29) is 5.91 Å². The first kappa shape index (κ1) is 13.9. The van der Waals surface area contributed by atoms with E-state index in [2.05, 4.69) is 6.58 Å². The molecule has 0 saturated carbocycles. The van der Waals surface area contributed by atoms with Crippen LogP contribution in [0.3, 0.4) is 0 Å². The van der Waals surface area contributed by atoms with E-state index >= 15 is 0 Å². The minimum atomic E-state index is -0.0391. The molecule has 86 valence electrons. The van der Waals surface area contributed by atoms with Crippen LogP contribution in [0.15, 0.2) is 24.3 Å². The molecule has 0 fully saturated rings. The molecule has 0 aromatic carbocycles. The monoisotopic (exact) mass is 211 g/mol. The van der Waals surface area contributed by atoms with Gasteiger partial charge in [-0.3, -0.25) is 4.79 Å². The summed E-state index contributed by atoms with van der Waals surface area (Å²) in [5.74, 6) is -0.0391. The summed E-state index contributed by atoms with van der Waals surface area (Å²) in [6, 6.07) is 0. The van der Waals surface area contributed by atoms with Crippen LogP contribution in [0.2, 0.25) is 0 Å². The van der Waals surface area contributed by atoms with E-state index in [1.807, 2.05) is 13.0 Å². The summed E-state index contributed by atoms with van der Waals surface area (Å²) >= 11 is 0. The molecule has 4 nitrogen and oxygen atoms in total. The maximum absolute atomic E-state index is 11.9. The van der Waals surface area contributed by atoms with Crippen LogP contribution in [0.1, 0.15) is 13.3 Å². The molecule has 1 amide bonds. The van der Waals surface area contributed by atoms with Gasteiger partial charge in [0.05, 0.1) is 0 Å². The van der Waals surface area contributed by atoms with Crippen molar-refractivity contribution >= 4 is 5.91 Å². The van der Waals surface area contributed by atoms with Crippen LogP contribution in [0.4, 0.5) is 0 Å². The average molecular weight is 211 g/mol. The molecule has 0 rings (SSSR count). The predicted octanol–water partition coefficient (Wildman–Crippen LogP) is 0.255. The number of rotatable bonds is 7. The minimum absolute atomic E-state index is 0.0391. The molecule has 0 heterocycles. The number of allylic oxidation sites excluding steroid dienone is 1. The lowest BCUT2D eigenvalue weighted by atomic mass is 10.2. The lowest BCUT2D eigenvalue weighted by molar-refractivity contribution is -0.126. The molecule has 0 radical (unpaired) electrons. The first-order valence-electron chi connectivity index (χ1n) is 5.23. The topological polar surface area (TPSA) is 72.3 Å². The second-order valence-corrected chi connectivity index (χ2v) is 3.14. The van der Waals surface area contributed by atoms with Gasteiger partial charge in [0.1, 0.15) is 0 Å². The Balaban J connectivity index is 4.58. The van der Waals surface area contributed by atoms with E-state index in [0.29, 0.717) is 31.8 Å². The van der Waals surface area contributed by atoms with Gasteiger partial charge in [0.2, 0.25) is 0 Å². The van der Waals surface area contributed by atoms with Crippen molar-refractivity contribution in [2.24, 2.45) is 11.5 Å². The van der Waals surface area contributed by atoms with E-state index in [9.17, 15) is 4.79 Å². The predicted molar refractivity (Wildman–Crippen MR) is 63.3 cm³/mol. The SMILES string of the molecule is C=C/C(=C\CC)C(=O)N(CCN)CCN. The highest BCUT2D eigenvalue weighted by Gasteiger charge is 2.13. The molecule has 0 aromatic heterocycles. The highest BCUT2D eigenvalue weighted by molar-refractivity contribution is 5.96. The van der Waals surface area contributed by atoms with Crippen molar-refractivity contribution in [3.63, 3.8) is 0 Å². The van der Waals surface area contributed by atoms with Crippen molar-refractivity contribution in [3.05, 3.63) is 24.3 Å². The first-order chi connectivity index (χ1) is 7.21. The number of nitrogens with two attached hydrogens (primary N) is 2. The number of carbonyl (C=O) groups excluding carboxylic acids is 1. The summed E-state index contributed by atoms with van der Waals surface area (Å²) in [7, 11) is 0. The maximum Gasteiger partial charge on any atom is 0.253 e. The molecule has 0 spiro atoms. The molecule has 0 atom stereocenters. The lowest BCUT2D eigenvalue weighted by Crippen LogP contribution is -2.39. The van der Waals surface area contributed by atoms with Crippen molar-refractivity contribution in [2.45, 2.75) is 13.3 Å². The van der Waals surface area contributed by atoms with Crippen LogP contribution < -0.4 is 11.5 Å². The molecular formula is C11H21N3O. The Morgan fingerprint density at radius 2 is 1.87 bits per heavy atom. The van der Waals surface area contributed by atoms with Crippen molar-refractivity contribution in [1.29, 1.82) is 0 Å². The number of hydrogen-bond acceptors (Lipinski definition) is 3. The molecule has 0 saturated heterocycles. The molecule has 0 aliphatic rings. The van der Waals surface area contributed by atoms with Gasteiger partial charge < -0.3 is 16.4 Å². The fourth-order valence-electron chi connectivity index (χ4n) is 1.29. The zero-order chi connectivity index (χ0) is 11.7. The van der Waals surface area contributed by atoms with E-state index in [1.165, 1.54) is 0 Å². The van der Waals surface area contributed by atoms with Gasteiger partial charge in [0, 0.05) is 31.8 Å². The Kier molecular flexibility index (Phi) is 7.58. The van der Waals surface area contributed by atoms with Crippen LogP contribution in [0.25, 0.3) is 0 Å². The van der Waals surface area contributed by atoms with Crippen LogP contribution >= 0.6 is 0 Å². The zero-order valence-corrected chi connectivity index (χ0v) is 9.41. The number of carbonyl (C=O) groups is 1. The Morgan fingerprint density at radius 3 is 2.20 bits per heavy atom. The van der Waals surface area contributed by atoms with Gasteiger partial charge in [-0.2, -0.15) is 0 Å². The quantitative estimate of drug-likeness (QED) is 0.468. The van der Waals surface area contributed by atoms with Crippen molar-refractivity contribution < 1.29 is 4.79 Å². The molecule has 0 aliphatic heterocycles. The van der Waals surface area contributed by atoms with Crippen LogP contribution in [0.5, 0.6) is 0 Å². The van der Waals surface area contributed by atoms with Gasteiger partial charge in [-0.05, 0) is 6.42 Å². The number of nitrogens with zero attached hydrogens (tertiary/aromatic N) is 1. The third-order valence-corrected chi connectivity index (χ3v) is 1.98. The second kappa shape index (κ2) is 8.20. The molecular weight excluding hydrogens is 190 g/mol. The lowest BCUT2D eigenvalue weighted by Gasteiger charge is -2.21. The van der Waals surface area contributed by atoms with Crippen LogP contribution in [-0.4, -0.2) is 37.0 Å². The van der Waals surface area contributed by atoms with Gasteiger partial charge >= 0.3 is 0 Å². The van der Waals surface area contributed by atoms with Crippen molar-refractivity contribution in [2.75, 3.05) is 26.2 Å². The maximum atomic E-state index is 11.9. The van der Waals surface area contributed by atoms with Gasteiger partial charge in [0.25, 0.3) is 5.91 Å². The Morgan fingerprint density at radius 1 is 1.33 bits per heavy atom. The van der Waals surface area contributed by atoms with Gasteiger partial charge in [-0.1, -0.05) is 25.7 Å². The second-order valence-electron chi connectivity index (χ2n) is 3.14. The Hall–Kier alpha value is -1.13. The largest absolute Gasteiger partial charge is 0.336 e. The average Bonchev–Trinajstić information content (AvgIpc) is 2.24. The summed E-state index contributed by atoms with van der Waals surface area (Å²) < 4.78 is 0. The third kappa shape index (κ3) is 4.76. The highest BCUT2D eigenvalue weighted by Crippen LogP contribution is 2.04. The highest BCUT2D eigenvalue weighted by atomic mass is 16.2. The van der Waals surface area contributed by atoms with E-state index < -0.39 is 0 Å². The van der Waals surface area contributed by atoms with Crippen LogP contribution in [-0.2, 0) is 4.79 Å². The molecule has 0 unspecified atom stereocenters. The zero-order valence-electron chi connectivity index (χ0n) is 9.41. The smallest absolute Gasteiger partial charge is 0.253 e. The number of hydrogen-bond donors (Lipinski definition) is 2. The Bertz CT molecular complexity index is 230. The first-order valence-corrected chi connectivity index (χ1v) is 5.23. The summed E-state index contributed by atoms with van der Waals surface area (Å²) in [5, 5.41) is 0. The molecule has 0 bridgehead atoms. The van der Waals surface area contributed by atoms with E-state index in [0.717, 1.165) is 6.42 Å². The molecule has 4 heteroatoms. The minimum Gasteiger partial charge on any atom is -0.336 e. The summed E-state index contributed by atoms with van der Waals surface area (Å²) in [5.41, 5.74) is 11.5. The molecule has 0 aliphatic carbocycles. The van der Waals surface area contributed by atoms with Crippen molar-refractivity contribution in [3.8, 4) is 0 Å². The fraction of sp³-hybridized carbons (Fsp3) is 0.545. The summed E-state index contributed by atoms with van der Waals surface area (Å²) in [6.07, 6.45) is 4.24. The molecule has 4 N–H and O–H groups in total. The van der Waals surface area contributed by atoms with Gasteiger partial charge in [-0.15, -0.1) is 0 Å². The standard InChI is InChI=1S/C11H21N3O/c1-3-5-10(4-2)11(15)14(8-6-12)9-7-13/h4-5H,2-3,6-9,12-13H2,1H3/b10-5+. The summed E-state index contributed by atoms with van der Waals surface area (Å²) in [4.78, 5) is 13.6. The fourth-order valence-corrected chi connectivity index (χ4v) is 1.29.